The second-order valence-corrected chi connectivity index (χ2v) is 7.44. The normalized spacial score (nSPS) is 15.7. The van der Waals surface area contributed by atoms with Gasteiger partial charge in [-0.1, -0.05) is 17.7 Å². The summed E-state index contributed by atoms with van der Waals surface area (Å²) in [5.74, 6) is 0. The monoisotopic (exact) mass is 439 g/mol. The number of alkyl halides is 3. The highest BCUT2D eigenvalue weighted by Gasteiger charge is 2.37. The number of nitrogens with zero attached hydrogens (tertiary/aromatic N) is 5. The molecule has 0 bridgehead atoms. The van der Waals surface area contributed by atoms with E-state index >= 15 is 0 Å². The van der Waals surface area contributed by atoms with Crippen molar-refractivity contribution < 1.29 is 18.1 Å². The second kappa shape index (κ2) is 7.77. The van der Waals surface area contributed by atoms with Gasteiger partial charge in [0.25, 0.3) is 5.69 Å². The van der Waals surface area contributed by atoms with Crippen LogP contribution in [-0.4, -0.2) is 45.4 Å². The van der Waals surface area contributed by atoms with Crippen molar-refractivity contribution in [2.45, 2.75) is 12.7 Å². The van der Waals surface area contributed by atoms with Crippen molar-refractivity contribution in [2.24, 2.45) is 0 Å². The molecule has 4 rings (SSSR count). The molecule has 11 heteroatoms. The van der Waals surface area contributed by atoms with E-state index in [1.165, 1.54) is 0 Å². The Kier molecular flexibility index (Phi) is 5.29. The Morgan fingerprint density at radius 3 is 2.53 bits per heavy atom. The maximum Gasteiger partial charge on any atom is 0.418 e. The van der Waals surface area contributed by atoms with Gasteiger partial charge >= 0.3 is 6.18 Å². The molecule has 0 saturated carbocycles. The average Bonchev–Trinajstić information content (AvgIpc) is 3.09. The Hall–Kier alpha value is -2.85. The number of benzene rings is 1. The summed E-state index contributed by atoms with van der Waals surface area (Å²) < 4.78 is 41.1. The van der Waals surface area contributed by atoms with E-state index in [0.717, 1.165) is 17.4 Å². The van der Waals surface area contributed by atoms with Gasteiger partial charge < -0.3 is 9.30 Å². The molecule has 158 valence electrons. The Bertz CT molecular complexity index is 1060. The summed E-state index contributed by atoms with van der Waals surface area (Å²) in [5, 5.41) is 10.8. The summed E-state index contributed by atoms with van der Waals surface area (Å²) in [5.41, 5.74) is 0.0513. The molecule has 3 aromatic rings. The smallest absolute Gasteiger partial charge is 0.363 e. The lowest BCUT2D eigenvalue weighted by Gasteiger charge is -2.35. The van der Waals surface area contributed by atoms with Gasteiger partial charge in [-0.3, -0.25) is 15.0 Å². The molecule has 0 amide bonds. The van der Waals surface area contributed by atoms with Crippen LogP contribution < -0.4 is 4.90 Å². The second-order valence-electron chi connectivity index (χ2n) is 7.04. The lowest BCUT2D eigenvalue weighted by atomic mass is 10.1. The first kappa shape index (κ1) is 20.4. The highest BCUT2D eigenvalue weighted by Crippen LogP contribution is 2.41. The lowest BCUT2D eigenvalue weighted by Crippen LogP contribution is -2.46. The van der Waals surface area contributed by atoms with Crippen LogP contribution in [0.15, 0.2) is 42.7 Å². The molecule has 0 atom stereocenters. The van der Waals surface area contributed by atoms with Gasteiger partial charge in [0.15, 0.2) is 0 Å². The third-order valence-electron chi connectivity index (χ3n) is 5.08. The number of piperazine rings is 1. The number of fused-ring (bicyclic) bond motifs is 1. The van der Waals surface area contributed by atoms with Crippen LogP contribution in [0.25, 0.3) is 5.65 Å². The number of hydrogen-bond donors (Lipinski definition) is 0. The van der Waals surface area contributed by atoms with Crippen molar-refractivity contribution in [3.05, 3.63) is 69.1 Å². The molecule has 1 aliphatic heterocycles. The molecule has 1 aliphatic rings. The summed E-state index contributed by atoms with van der Waals surface area (Å²) >= 11 is 5.79. The number of pyridine rings is 1. The van der Waals surface area contributed by atoms with Crippen molar-refractivity contribution in [1.82, 2.24) is 14.3 Å². The standard InChI is InChI=1S/C19H17ClF3N5O2/c20-15-10-16(17(28(29)30)9-14(15)19(21,22)23)26-7-5-25(6-8-26)11-13-12-27-4-2-1-3-18(27)24-13/h1-4,9-10,12H,5-8,11H2. The third-order valence-corrected chi connectivity index (χ3v) is 5.39. The predicted octanol–water partition coefficient (Wildman–Crippen LogP) is 4.24. The quantitative estimate of drug-likeness (QED) is 0.449. The van der Waals surface area contributed by atoms with Crippen LogP contribution >= 0.6 is 11.6 Å². The van der Waals surface area contributed by atoms with E-state index < -0.39 is 27.4 Å². The molecule has 1 aromatic carbocycles. The third kappa shape index (κ3) is 4.05. The number of nitro benzene ring substituents is 1. The summed E-state index contributed by atoms with van der Waals surface area (Å²) in [4.78, 5) is 19.0. The molecule has 0 spiro atoms. The Labute approximate surface area is 174 Å². The fourth-order valence-corrected chi connectivity index (χ4v) is 3.87. The van der Waals surface area contributed by atoms with E-state index in [1.807, 2.05) is 35.0 Å². The van der Waals surface area contributed by atoms with Crippen LogP contribution in [0, 0.1) is 10.1 Å². The van der Waals surface area contributed by atoms with Gasteiger partial charge in [-0.05, 0) is 18.2 Å². The number of nitro groups is 1. The van der Waals surface area contributed by atoms with E-state index in [1.54, 1.807) is 4.90 Å². The van der Waals surface area contributed by atoms with E-state index in [0.29, 0.717) is 38.8 Å². The van der Waals surface area contributed by atoms with Crippen molar-refractivity contribution in [1.29, 1.82) is 0 Å². The van der Waals surface area contributed by atoms with E-state index in [2.05, 4.69) is 9.88 Å². The number of imidazole rings is 1. The van der Waals surface area contributed by atoms with Crippen molar-refractivity contribution in [3.8, 4) is 0 Å². The molecule has 0 aliphatic carbocycles. The number of halogens is 4. The maximum absolute atomic E-state index is 13.1. The minimum atomic E-state index is -4.76. The molecule has 30 heavy (non-hydrogen) atoms. The van der Waals surface area contributed by atoms with Gasteiger partial charge in [0.1, 0.15) is 11.3 Å². The molecular weight excluding hydrogens is 423 g/mol. The van der Waals surface area contributed by atoms with Crippen LogP contribution in [0.2, 0.25) is 5.02 Å². The van der Waals surface area contributed by atoms with E-state index in [9.17, 15) is 23.3 Å². The van der Waals surface area contributed by atoms with Gasteiger partial charge in [0, 0.05) is 51.2 Å². The average molecular weight is 440 g/mol. The zero-order valence-corrected chi connectivity index (χ0v) is 16.4. The molecule has 7 nitrogen and oxygen atoms in total. The zero-order chi connectivity index (χ0) is 21.5. The first-order valence-electron chi connectivity index (χ1n) is 9.17. The maximum atomic E-state index is 13.1. The summed E-state index contributed by atoms with van der Waals surface area (Å²) in [6.45, 7) is 2.64. The topological polar surface area (TPSA) is 66.9 Å². The molecular formula is C19H17ClF3N5O2. The van der Waals surface area contributed by atoms with Crippen molar-refractivity contribution >= 4 is 28.6 Å². The molecule has 0 radical (unpaired) electrons. The number of anilines is 1. The summed E-state index contributed by atoms with van der Waals surface area (Å²) in [6.07, 6.45) is -0.896. The Balaban J connectivity index is 1.49. The molecule has 0 unspecified atom stereocenters. The van der Waals surface area contributed by atoms with Crippen molar-refractivity contribution in [2.75, 3.05) is 31.1 Å². The zero-order valence-electron chi connectivity index (χ0n) is 15.6. The lowest BCUT2D eigenvalue weighted by molar-refractivity contribution is -0.384. The summed E-state index contributed by atoms with van der Waals surface area (Å²) in [6, 6.07) is 7.29. The fourth-order valence-electron chi connectivity index (χ4n) is 3.61. The van der Waals surface area contributed by atoms with Gasteiger partial charge in [0.05, 0.1) is 21.2 Å². The molecule has 3 heterocycles. The number of rotatable bonds is 4. The predicted molar refractivity (Wildman–Crippen MR) is 106 cm³/mol. The largest absolute Gasteiger partial charge is 0.418 e. The molecule has 1 fully saturated rings. The Morgan fingerprint density at radius 2 is 1.90 bits per heavy atom. The van der Waals surface area contributed by atoms with Crippen LogP contribution in [0.4, 0.5) is 24.5 Å². The number of aromatic nitrogens is 2. The SMILES string of the molecule is O=[N+]([O-])c1cc(C(F)(F)F)c(Cl)cc1N1CCN(Cc2cn3ccccc3n2)CC1. The Morgan fingerprint density at radius 1 is 1.17 bits per heavy atom. The first-order valence-corrected chi connectivity index (χ1v) is 9.55. The van der Waals surface area contributed by atoms with Gasteiger partial charge in [-0.15, -0.1) is 0 Å². The fraction of sp³-hybridized carbons (Fsp3) is 0.316. The first-order chi connectivity index (χ1) is 14.2. The van der Waals surface area contributed by atoms with Crippen LogP contribution in [0.3, 0.4) is 0 Å². The molecule has 1 saturated heterocycles. The molecule has 0 N–H and O–H groups in total. The summed E-state index contributed by atoms with van der Waals surface area (Å²) in [7, 11) is 0. The van der Waals surface area contributed by atoms with Crippen LogP contribution in [0.1, 0.15) is 11.3 Å². The minimum absolute atomic E-state index is 0.102. The highest BCUT2D eigenvalue weighted by atomic mass is 35.5. The van der Waals surface area contributed by atoms with Gasteiger partial charge in [-0.2, -0.15) is 13.2 Å². The van der Waals surface area contributed by atoms with Crippen LogP contribution in [-0.2, 0) is 12.7 Å². The van der Waals surface area contributed by atoms with E-state index in [-0.39, 0.29) is 5.69 Å². The number of hydrogen-bond acceptors (Lipinski definition) is 5. The van der Waals surface area contributed by atoms with Gasteiger partial charge in [-0.25, -0.2) is 4.98 Å². The highest BCUT2D eigenvalue weighted by molar-refractivity contribution is 6.31. The van der Waals surface area contributed by atoms with E-state index in [4.69, 9.17) is 11.6 Å². The van der Waals surface area contributed by atoms with Crippen LogP contribution in [0.5, 0.6) is 0 Å². The van der Waals surface area contributed by atoms with Crippen molar-refractivity contribution in [3.63, 3.8) is 0 Å². The van der Waals surface area contributed by atoms with Gasteiger partial charge in [0.2, 0.25) is 0 Å². The molecule has 2 aromatic heterocycles. The minimum Gasteiger partial charge on any atom is -0.363 e.